The van der Waals surface area contributed by atoms with E-state index in [-0.39, 0.29) is 17.0 Å². The van der Waals surface area contributed by atoms with Crippen LogP contribution in [0.1, 0.15) is 18.4 Å². The van der Waals surface area contributed by atoms with Crippen molar-refractivity contribution in [3.05, 3.63) is 35.9 Å². The molecular weight excluding hydrogens is 284 g/mol. The summed E-state index contributed by atoms with van der Waals surface area (Å²) in [5, 5.41) is 9.32. The zero-order valence-corrected chi connectivity index (χ0v) is 13.1. The number of nitrogens with two attached hydrogens (primary N) is 1. The van der Waals surface area contributed by atoms with E-state index >= 15 is 0 Å². The summed E-state index contributed by atoms with van der Waals surface area (Å²) < 4.78 is 0. The summed E-state index contributed by atoms with van der Waals surface area (Å²) in [4.78, 5) is 14.5. The van der Waals surface area contributed by atoms with E-state index in [0.29, 0.717) is 18.9 Å². The minimum atomic E-state index is -0.461. The van der Waals surface area contributed by atoms with E-state index in [1.165, 1.54) is 0 Å². The Bertz CT molecular complexity index is 500. The van der Waals surface area contributed by atoms with Crippen LogP contribution in [-0.2, 0) is 11.2 Å². The molecule has 5 heteroatoms. The molecule has 0 radical (unpaired) electrons. The molecule has 0 aromatic heterocycles. The van der Waals surface area contributed by atoms with Crippen LogP contribution in [0.5, 0.6) is 0 Å². The van der Waals surface area contributed by atoms with Crippen LogP contribution >= 0.6 is 12.2 Å². The van der Waals surface area contributed by atoms with Gasteiger partial charge in [0, 0.05) is 13.6 Å². The van der Waals surface area contributed by atoms with Gasteiger partial charge in [-0.2, -0.15) is 0 Å². The molecule has 0 heterocycles. The van der Waals surface area contributed by atoms with Crippen molar-refractivity contribution >= 4 is 23.1 Å². The lowest BCUT2D eigenvalue weighted by atomic mass is 9.82. The third-order valence-electron chi connectivity index (χ3n) is 4.04. The number of aliphatic hydroxyl groups is 1. The van der Waals surface area contributed by atoms with Crippen LogP contribution in [-0.4, -0.2) is 40.6 Å². The van der Waals surface area contributed by atoms with E-state index in [4.69, 9.17) is 18.0 Å². The molecule has 0 spiro atoms. The predicted molar refractivity (Wildman–Crippen MR) is 86.8 cm³/mol. The third kappa shape index (κ3) is 4.25. The highest BCUT2D eigenvalue weighted by atomic mass is 32.1. The molecule has 1 atom stereocenters. The zero-order chi connectivity index (χ0) is 15.4. The van der Waals surface area contributed by atoms with Crippen molar-refractivity contribution in [1.29, 1.82) is 0 Å². The fourth-order valence-corrected chi connectivity index (χ4v) is 2.94. The maximum atomic E-state index is 12.5. The first kappa shape index (κ1) is 15.9. The van der Waals surface area contributed by atoms with E-state index in [0.717, 1.165) is 18.4 Å². The number of amides is 1. The van der Waals surface area contributed by atoms with Crippen molar-refractivity contribution in [2.45, 2.75) is 25.4 Å². The Kier molecular flexibility index (Phi) is 5.31. The molecule has 21 heavy (non-hydrogen) atoms. The smallest absolute Gasteiger partial charge is 0.232 e. The SMILES string of the molecule is CN(CC1CC(O)C1)C(=O)C(Cc1ccccc1)C(N)=S. The molecular formula is C16H22N2O2S. The molecule has 1 fully saturated rings. The van der Waals surface area contributed by atoms with E-state index in [2.05, 4.69) is 0 Å². The van der Waals surface area contributed by atoms with E-state index in [1.54, 1.807) is 11.9 Å². The largest absolute Gasteiger partial charge is 0.393 e. The van der Waals surface area contributed by atoms with Gasteiger partial charge in [-0.3, -0.25) is 4.79 Å². The second kappa shape index (κ2) is 7.00. The lowest BCUT2D eigenvalue weighted by Gasteiger charge is -2.35. The number of aliphatic hydroxyl groups excluding tert-OH is 1. The number of nitrogens with zero attached hydrogens (tertiary/aromatic N) is 1. The highest BCUT2D eigenvalue weighted by Gasteiger charge is 2.31. The molecule has 1 amide bonds. The molecule has 0 saturated heterocycles. The van der Waals surface area contributed by atoms with Gasteiger partial charge in [0.15, 0.2) is 0 Å². The first-order valence-electron chi connectivity index (χ1n) is 7.23. The van der Waals surface area contributed by atoms with Gasteiger partial charge in [0.1, 0.15) is 0 Å². The predicted octanol–water partition coefficient (Wildman–Crippen LogP) is 1.36. The van der Waals surface area contributed by atoms with Crippen LogP contribution in [0.25, 0.3) is 0 Å². The average molecular weight is 306 g/mol. The Hall–Kier alpha value is -1.46. The van der Waals surface area contributed by atoms with Gasteiger partial charge in [0.05, 0.1) is 17.0 Å². The molecule has 3 N–H and O–H groups in total. The Morgan fingerprint density at radius 2 is 2.05 bits per heavy atom. The van der Waals surface area contributed by atoms with Crippen molar-refractivity contribution in [2.24, 2.45) is 17.6 Å². The topological polar surface area (TPSA) is 66.6 Å². The maximum Gasteiger partial charge on any atom is 0.232 e. The lowest BCUT2D eigenvalue weighted by molar-refractivity contribution is -0.133. The fourth-order valence-electron chi connectivity index (χ4n) is 2.75. The Morgan fingerprint density at radius 3 is 2.57 bits per heavy atom. The Balaban J connectivity index is 1.96. The van der Waals surface area contributed by atoms with Crippen molar-refractivity contribution in [3.63, 3.8) is 0 Å². The zero-order valence-electron chi connectivity index (χ0n) is 12.2. The number of hydrogen-bond acceptors (Lipinski definition) is 3. The molecule has 1 saturated carbocycles. The molecule has 1 aliphatic rings. The molecule has 0 aliphatic heterocycles. The molecule has 0 bridgehead atoms. The summed E-state index contributed by atoms with van der Waals surface area (Å²) in [5.41, 5.74) is 6.82. The standard InChI is InChI=1S/C16H22N2O2S/c1-18(10-12-7-13(19)8-12)16(20)14(15(17)21)9-11-5-3-2-4-6-11/h2-6,12-14,19H,7-10H2,1H3,(H2,17,21). The lowest BCUT2D eigenvalue weighted by Crippen LogP contribution is -2.45. The van der Waals surface area contributed by atoms with Crippen LogP contribution in [0.2, 0.25) is 0 Å². The summed E-state index contributed by atoms with van der Waals surface area (Å²) in [5.74, 6) is -0.109. The van der Waals surface area contributed by atoms with Crippen LogP contribution in [0, 0.1) is 11.8 Å². The van der Waals surface area contributed by atoms with E-state index in [1.807, 2.05) is 30.3 Å². The number of carbonyl (C=O) groups excluding carboxylic acids is 1. The molecule has 1 unspecified atom stereocenters. The van der Waals surface area contributed by atoms with Gasteiger partial charge in [0.25, 0.3) is 0 Å². The van der Waals surface area contributed by atoms with Crippen LogP contribution in [0.15, 0.2) is 30.3 Å². The minimum Gasteiger partial charge on any atom is -0.393 e. The second-order valence-electron chi connectivity index (χ2n) is 5.85. The van der Waals surface area contributed by atoms with Crippen molar-refractivity contribution in [3.8, 4) is 0 Å². The van der Waals surface area contributed by atoms with Crippen LogP contribution in [0.4, 0.5) is 0 Å². The number of benzene rings is 1. The average Bonchev–Trinajstić information content (AvgIpc) is 2.43. The molecule has 2 rings (SSSR count). The first-order valence-corrected chi connectivity index (χ1v) is 7.64. The Morgan fingerprint density at radius 1 is 1.43 bits per heavy atom. The monoisotopic (exact) mass is 306 g/mol. The number of hydrogen-bond donors (Lipinski definition) is 2. The molecule has 1 aromatic carbocycles. The number of thiocarbonyl (C=S) groups is 1. The van der Waals surface area contributed by atoms with E-state index in [9.17, 15) is 9.90 Å². The normalized spacial score (nSPS) is 22.2. The van der Waals surface area contributed by atoms with Gasteiger partial charge in [-0.05, 0) is 30.7 Å². The molecule has 114 valence electrons. The molecule has 1 aromatic rings. The highest BCUT2D eigenvalue weighted by Crippen LogP contribution is 2.28. The maximum absolute atomic E-state index is 12.5. The van der Waals surface area contributed by atoms with Gasteiger partial charge in [-0.15, -0.1) is 0 Å². The fraction of sp³-hybridized carbons (Fsp3) is 0.500. The number of rotatable bonds is 6. The van der Waals surface area contributed by atoms with Crippen molar-refractivity contribution in [2.75, 3.05) is 13.6 Å². The summed E-state index contributed by atoms with van der Waals surface area (Å²) in [6, 6.07) is 9.77. The first-order chi connectivity index (χ1) is 9.97. The highest BCUT2D eigenvalue weighted by molar-refractivity contribution is 7.80. The van der Waals surface area contributed by atoms with Crippen LogP contribution in [0.3, 0.4) is 0 Å². The van der Waals surface area contributed by atoms with Gasteiger partial charge >= 0.3 is 0 Å². The minimum absolute atomic E-state index is 0.0345. The van der Waals surface area contributed by atoms with Gasteiger partial charge < -0.3 is 15.7 Å². The van der Waals surface area contributed by atoms with Gasteiger partial charge in [-0.25, -0.2) is 0 Å². The van der Waals surface area contributed by atoms with Gasteiger partial charge in [-0.1, -0.05) is 42.5 Å². The third-order valence-corrected chi connectivity index (χ3v) is 4.33. The Labute approximate surface area is 130 Å². The summed E-state index contributed by atoms with van der Waals surface area (Å²) in [6.45, 7) is 0.657. The second-order valence-corrected chi connectivity index (χ2v) is 6.33. The van der Waals surface area contributed by atoms with Crippen LogP contribution < -0.4 is 5.73 Å². The van der Waals surface area contributed by atoms with Crippen molar-refractivity contribution in [1.82, 2.24) is 4.90 Å². The summed E-state index contributed by atoms with van der Waals surface area (Å²) in [7, 11) is 1.78. The molecule has 1 aliphatic carbocycles. The summed E-state index contributed by atoms with van der Waals surface area (Å²) in [6.07, 6.45) is 1.88. The van der Waals surface area contributed by atoms with Gasteiger partial charge in [0.2, 0.25) is 5.91 Å². The summed E-state index contributed by atoms with van der Waals surface area (Å²) >= 11 is 5.08. The van der Waals surface area contributed by atoms with Crippen molar-refractivity contribution < 1.29 is 9.90 Å². The quantitative estimate of drug-likeness (QED) is 0.779. The van der Waals surface area contributed by atoms with E-state index < -0.39 is 5.92 Å². The number of carbonyl (C=O) groups is 1. The molecule has 4 nitrogen and oxygen atoms in total.